The van der Waals surface area contributed by atoms with Crippen molar-refractivity contribution in [1.82, 2.24) is 0 Å². The molecule has 0 bridgehead atoms. The predicted octanol–water partition coefficient (Wildman–Crippen LogP) is 0.701. The highest BCUT2D eigenvalue weighted by Crippen LogP contribution is 2.34. The zero-order chi connectivity index (χ0) is 17.7. The van der Waals surface area contributed by atoms with Crippen LogP contribution in [0, 0.1) is 5.92 Å². The lowest BCUT2D eigenvalue weighted by atomic mass is 9.94. The van der Waals surface area contributed by atoms with E-state index in [1.165, 1.54) is 19.3 Å². The molecule has 3 atom stereocenters. The van der Waals surface area contributed by atoms with Crippen LogP contribution in [0.3, 0.4) is 0 Å². The molecule has 0 saturated carbocycles. The van der Waals surface area contributed by atoms with Crippen LogP contribution in [0.5, 0.6) is 0 Å². The molecule has 24 heavy (non-hydrogen) atoms. The molecule has 1 heterocycles. The lowest BCUT2D eigenvalue weighted by Crippen LogP contribution is -2.45. The molecule has 1 saturated heterocycles. The molecule has 1 fully saturated rings. The van der Waals surface area contributed by atoms with Crippen molar-refractivity contribution in [2.45, 2.75) is 19.1 Å². The van der Waals surface area contributed by atoms with E-state index in [0.29, 0.717) is 5.69 Å². The Hall–Kier alpha value is -2.61. The molecular formula is C16H19NO7. The molecule has 1 aromatic rings. The number of methoxy groups -OCH3 is 2. The smallest absolute Gasteiger partial charge is 0.338 e. The predicted molar refractivity (Wildman–Crippen MR) is 81.7 cm³/mol. The van der Waals surface area contributed by atoms with E-state index in [4.69, 9.17) is 14.3 Å². The molecule has 0 radical (unpaired) electrons. The number of esters is 3. The first-order chi connectivity index (χ1) is 11.5. The Morgan fingerprint density at radius 1 is 1.04 bits per heavy atom. The van der Waals surface area contributed by atoms with Gasteiger partial charge in [-0.3, -0.25) is 9.63 Å². The third-order valence-corrected chi connectivity index (χ3v) is 3.59. The number of carbonyl (C=O) groups is 3. The first kappa shape index (κ1) is 17.7. The molecule has 2 rings (SSSR count). The van der Waals surface area contributed by atoms with E-state index in [2.05, 4.69) is 4.74 Å². The van der Waals surface area contributed by atoms with Crippen molar-refractivity contribution >= 4 is 23.6 Å². The summed E-state index contributed by atoms with van der Waals surface area (Å²) >= 11 is 0. The SMILES string of the molecule is CCOC(=O)[C@@H]1[C@@H](C(=O)OC)[C@H](C(=O)OC)ON1c1ccccc1. The van der Waals surface area contributed by atoms with E-state index in [9.17, 15) is 14.4 Å². The Labute approximate surface area is 139 Å². The van der Waals surface area contributed by atoms with Gasteiger partial charge in [-0.25, -0.2) is 14.7 Å². The van der Waals surface area contributed by atoms with Crippen LogP contribution in [-0.4, -0.2) is 50.9 Å². The number of benzene rings is 1. The molecule has 0 aromatic heterocycles. The highest BCUT2D eigenvalue weighted by atomic mass is 16.7. The maximum absolute atomic E-state index is 12.4. The minimum absolute atomic E-state index is 0.120. The average molecular weight is 337 g/mol. The summed E-state index contributed by atoms with van der Waals surface area (Å²) in [6.07, 6.45) is -1.31. The molecule has 130 valence electrons. The third kappa shape index (κ3) is 3.33. The quantitative estimate of drug-likeness (QED) is 0.573. The summed E-state index contributed by atoms with van der Waals surface area (Å²) in [5, 5.41) is 1.20. The highest BCUT2D eigenvalue weighted by Gasteiger charge is 2.56. The van der Waals surface area contributed by atoms with Crippen molar-refractivity contribution in [3.05, 3.63) is 30.3 Å². The zero-order valence-corrected chi connectivity index (χ0v) is 13.6. The fraction of sp³-hybridized carbons (Fsp3) is 0.438. The summed E-state index contributed by atoms with van der Waals surface area (Å²) < 4.78 is 14.5. The second-order valence-corrected chi connectivity index (χ2v) is 4.96. The average Bonchev–Trinajstić information content (AvgIpc) is 3.02. The Morgan fingerprint density at radius 3 is 2.21 bits per heavy atom. The minimum Gasteiger partial charge on any atom is -0.469 e. The van der Waals surface area contributed by atoms with E-state index < -0.39 is 36.0 Å². The number of hydroxylamine groups is 1. The van der Waals surface area contributed by atoms with Crippen molar-refractivity contribution in [2.75, 3.05) is 25.9 Å². The van der Waals surface area contributed by atoms with E-state index in [1.807, 2.05) is 0 Å². The Morgan fingerprint density at radius 2 is 1.67 bits per heavy atom. The van der Waals surface area contributed by atoms with Crippen LogP contribution < -0.4 is 5.06 Å². The van der Waals surface area contributed by atoms with Gasteiger partial charge in [0, 0.05) is 0 Å². The monoisotopic (exact) mass is 337 g/mol. The van der Waals surface area contributed by atoms with Crippen molar-refractivity contribution in [1.29, 1.82) is 0 Å². The molecule has 1 aliphatic rings. The number of anilines is 1. The van der Waals surface area contributed by atoms with E-state index in [0.717, 1.165) is 0 Å². The van der Waals surface area contributed by atoms with Crippen LogP contribution in [-0.2, 0) is 33.4 Å². The maximum atomic E-state index is 12.4. The summed E-state index contributed by atoms with van der Waals surface area (Å²) in [6.45, 7) is 1.76. The zero-order valence-electron chi connectivity index (χ0n) is 13.6. The number of hydrogen-bond acceptors (Lipinski definition) is 8. The van der Waals surface area contributed by atoms with Gasteiger partial charge >= 0.3 is 17.9 Å². The van der Waals surface area contributed by atoms with Gasteiger partial charge in [-0.05, 0) is 19.1 Å². The molecule has 0 unspecified atom stereocenters. The second kappa shape index (κ2) is 7.78. The number of nitrogens with zero attached hydrogens (tertiary/aromatic N) is 1. The summed E-state index contributed by atoms with van der Waals surface area (Å²) in [7, 11) is 2.34. The third-order valence-electron chi connectivity index (χ3n) is 3.59. The molecule has 1 aliphatic heterocycles. The van der Waals surface area contributed by atoms with Crippen LogP contribution in [0.2, 0.25) is 0 Å². The number of ether oxygens (including phenoxy) is 3. The number of carbonyl (C=O) groups excluding carboxylic acids is 3. The van der Waals surface area contributed by atoms with E-state index in [1.54, 1.807) is 37.3 Å². The van der Waals surface area contributed by atoms with Crippen molar-refractivity contribution in [3.63, 3.8) is 0 Å². The van der Waals surface area contributed by atoms with Crippen LogP contribution in [0.1, 0.15) is 6.92 Å². The summed E-state index contributed by atoms with van der Waals surface area (Å²) in [5.41, 5.74) is 0.496. The van der Waals surface area contributed by atoms with Crippen molar-refractivity contribution < 1.29 is 33.4 Å². The highest BCUT2D eigenvalue weighted by molar-refractivity contribution is 5.93. The van der Waals surface area contributed by atoms with Gasteiger partial charge in [0.25, 0.3) is 0 Å². The fourth-order valence-corrected chi connectivity index (χ4v) is 2.53. The number of rotatable bonds is 5. The first-order valence-corrected chi connectivity index (χ1v) is 7.38. The van der Waals surface area contributed by atoms with E-state index in [-0.39, 0.29) is 6.61 Å². The molecule has 1 aromatic carbocycles. The topological polar surface area (TPSA) is 91.4 Å². The maximum Gasteiger partial charge on any atom is 0.338 e. The molecule has 0 spiro atoms. The Balaban J connectivity index is 2.47. The van der Waals surface area contributed by atoms with Crippen molar-refractivity contribution in [3.8, 4) is 0 Å². The van der Waals surface area contributed by atoms with Gasteiger partial charge in [-0.1, -0.05) is 18.2 Å². The van der Waals surface area contributed by atoms with Gasteiger partial charge in [-0.15, -0.1) is 0 Å². The van der Waals surface area contributed by atoms with Gasteiger partial charge < -0.3 is 14.2 Å². The van der Waals surface area contributed by atoms with Gasteiger partial charge in [0.05, 0.1) is 26.5 Å². The first-order valence-electron chi connectivity index (χ1n) is 7.38. The Kier molecular flexibility index (Phi) is 5.75. The van der Waals surface area contributed by atoms with Crippen LogP contribution in [0.15, 0.2) is 30.3 Å². The lowest BCUT2D eigenvalue weighted by molar-refractivity contribution is -0.162. The second-order valence-electron chi connectivity index (χ2n) is 4.96. The van der Waals surface area contributed by atoms with Gasteiger partial charge in [0.2, 0.25) is 0 Å². The van der Waals surface area contributed by atoms with Gasteiger partial charge in [0.1, 0.15) is 5.92 Å². The summed E-state index contributed by atoms with van der Waals surface area (Å²) in [6, 6.07) is 7.46. The molecule has 0 N–H and O–H groups in total. The largest absolute Gasteiger partial charge is 0.469 e. The Bertz CT molecular complexity index is 604. The van der Waals surface area contributed by atoms with E-state index >= 15 is 0 Å². The van der Waals surface area contributed by atoms with Crippen molar-refractivity contribution in [2.24, 2.45) is 5.92 Å². The fourth-order valence-electron chi connectivity index (χ4n) is 2.53. The van der Waals surface area contributed by atoms with Crippen LogP contribution >= 0.6 is 0 Å². The number of para-hydroxylation sites is 1. The summed E-state index contributed by atoms with van der Waals surface area (Å²) in [4.78, 5) is 42.2. The molecule has 8 heteroatoms. The molecule has 8 nitrogen and oxygen atoms in total. The molecule has 0 aliphatic carbocycles. The molecule has 0 amide bonds. The van der Waals surface area contributed by atoms with Crippen LogP contribution in [0.25, 0.3) is 0 Å². The normalized spacial score (nSPS) is 22.8. The lowest BCUT2D eigenvalue weighted by Gasteiger charge is -2.24. The summed E-state index contributed by atoms with van der Waals surface area (Å²) in [5.74, 6) is -3.44. The number of hydrogen-bond donors (Lipinski definition) is 0. The van der Waals surface area contributed by atoms with Gasteiger partial charge in [-0.2, -0.15) is 0 Å². The van der Waals surface area contributed by atoms with Gasteiger partial charge in [0.15, 0.2) is 12.1 Å². The standard InChI is InChI=1S/C16H19NO7/c1-4-23-15(19)12-11(14(18)21-2)13(16(20)22-3)24-17(12)10-8-6-5-7-9-10/h5-9,11-13H,4H2,1-3H3/t11-,12+,13-/m1/s1. The minimum atomic E-state index is -1.31. The molecular weight excluding hydrogens is 318 g/mol. The van der Waals surface area contributed by atoms with Crippen LogP contribution in [0.4, 0.5) is 5.69 Å².